The molecule has 0 bridgehead atoms. The van der Waals surface area contributed by atoms with Crippen molar-refractivity contribution in [1.29, 1.82) is 0 Å². The van der Waals surface area contributed by atoms with E-state index < -0.39 is 94.6 Å². The zero-order valence-corrected chi connectivity index (χ0v) is 28.6. The van der Waals surface area contributed by atoms with Gasteiger partial charge in [0.05, 0.1) is 36.9 Å². The first-order chi connectivity index (χ1) is 21.9. The largest absolute Gasteiger partial charge is 0.432 e. The first-order valence-electron chi connectivity index (χ1n) is 17.4. The molecule has 11 heteroatoms. The molecular formula is C36H56O11. The summed E-state index contributed by atoms with van der Waals surface area (Å²) in [6.07, 6.45) is -4.73. The number of fused-ring (bicyclic) bond motifs is 7. The Morgan fingerprint density at radius 2 is 1.60 bits per heavy atom. The molecule has 0 spiro atoms. The lowest BCUT2D eigenvalue weighted by molar-refractivity contribution is -0.297. The van der Waals surface area contributed by atoms with Gasteiger partial charge in [0.1, 0.15) is 24.4 Å². The average molecular weight is 665 g/mol. The molecule has 8 N–H and O–H groups in total. The molecule has 11 nitrogen and oxygen atoms in total. The van der Waals surface area contributed by atoms with Crippen LogP contribution in [0.4, 0.5) is 0 Å². The summed E-state index contributed by atoms with van der Waals surface area (Å²) in [7, 11) is 0. The van der Waals surface area contributed by atoms with Crippen LogP contribution < -0.4 is 0 Å². The van der Waals surface area contributed by atoms with Gasteiger partial charge in [0, 0.05) is 17.3 Å². The Labute approximate surface area is 277 Å². The third-order valence-corrected chi connectivity index (χ3v) is 15.0. The highest BCUT2D eigenvalue weighted by molar-refractivity contribution is 5.80. The van der Waals surface area contributed by atoms with E-state index in [1.807, 2.05) is 0 Å². The number of esters is 1. The van der Waals surface area contributed by atoms with Crippen molar-refractivity contribution in [2.24, 2.45) is 44.8 Å². The molecule has 3 saturated carbocycles. The summed E-state index contributed by atoms with van der Waals surface area (Å²) in [4.78, 5) is 14.4. The van der Waals surface area contributed by atoms with Gasteiger partial charge in [-0.1, -0.05) is 50.5 Å². The normalized spacial score (nSPS) is 54.4. The summed E-state index contributed by atoms with van der Waals surface area (Å²) in [6.45, 7) is 11.5. The van der Waals surface area contributed by atoms with Crippen LogP contribution in [0.3, 0.4) is 0 Å². The average Bonchev–Trinajstić information content (AvgIpc) is 3.02. The lowest BCUT2D eigenvalue weighted by Gasteiger charge is -2.72. The minimum atomic E-state index is -1.69. The number of carbonyl (C=O) groups excluding carboxylic acids is 1. The highest BCUT2D eigenvalue weighted by atomic mass is 16.7. The molecule has 5 aliphatic carbocycles. The molecule has 0 aromatic heterocycles. The molecule has 0 aromatic rings. The topological polar surface area (TPSA) is 197 Å². The maximum absolute atomic E-state index is 14.4. The lowest BCUT2D eigenvalue weighted by Crippen LogP contribution is -2.71. The van der Waals surface area contributed by atoms with Gasteiger partial charge < -0.3 is 50.3 Å². The van der Waals surface area contributed by atoms with Crippen LogP contribution in [0.1, 0.15) is 86.5 Å². The number of hydrogen-bond donors (Lipinski definition) is 8. The van der Waals surface area contributed by atoms with Crippen molar-refractivity contribution in [3.63, 3.8) is 0 Å². The van der Waals surface area contributed by atoms with Crippen LogP contribution in [-0.4, -0.2) is 109 Å². The number of carbonyl (C=O) groups is 1. The first kappa shape index (κ1) is 35.4. The smallest absolute Gasteiger partial charge is 0.315 e. The number of aliphatic hydroxyl groups is 8. The predicted octanol–water partition coefficient (Wildman–Crippen LogP) is 1.33. The summed E-state index contributed by atoms with van der Waals surface area (Å²) < 4.78 is 11.5. The zero-order valence-electron chi connectivity index (χ0n) is 28.6. The molecule has 0 amide bonds. The number of allylic oxidation sites excluding steroid dienone is 4. The number of ether oxygens (including phenoxy) is 2. The fourth-order valence-electron chi connectivity index (χ4n) is 12.1. The summed E-state index contributed by atoms with van der Waals surface area (Å²) in [5.74, 6) is -1.26. The second-order valence-electron chi connectivity index (χ2n) is 17.0. The second kappa shape index (κ2) is 11.6. The van der Waals surface area contributed by atoms with E-state index in [1.54, 1.807) is 6.92 Å². The monoisotopic (exact) mass is 664 g/mol. The van der Waals surface area contributed by atoms with E-state index in [0.717, 1.165) is 11.1 Å². The van der Waals surface area contributed by atoms with Crippen molar-refractivity contribution in [3.05, 3.63) is 22.8 Å². The Balaban J connectivity index is 1.40. The van der Waals surface area contributed by atoms with Crippen molar-refractivity contribution in [1.82, 2.24) is 0 Å². The number of rotatable bonds is 4. The molecule has 47 heavy (non-hydrogen) atoms. The fraction of sp³-hybridized carbons (Fsp3) is 0.861. The van der Waals surface area contributed by atoms with E-state index in [0.29, 0.717) is 44.9 Å². The molecule has 6 aliphatic rings. The number of aliphatic hydroxyl groups excluding tert-OH is 8. The summed E-state index contributed by atoms with van der Waals surface area (Å²) in [6, 6.07) is 0. The molecule has 4 fully saturated rings. The van der Waals surface area contributed by atoms with Gasteiger partial charge in [-0.2, -0.15) is 0 Å². The van der Waals surface area contributed by atoms with Crippen molar-refractivity contribution in [2.75, 3.05) is 13.2 Å². The van der Waals surface area contributed by atoms with E-state index in [-0.39, 0.29) is 18.4 Å². The van der Waals surface area contributed by atoms with Gasteiger partial charge in [-0.15, -0.1) is 0 Å². The van der Waals surface area contributed by atoms with Gasteiger partial charge in [-0.05, 0) is 81.0 Å². The van der Waals surface area contributed by atoms with E-state index in [2.05, 4.69) is 40.7 Å². The van der Waals surface area contributed by atoms with Gasteiger partial charge in [-0.3, -0.25) is 4.79 Å². The lowest BCUT2D eigenvalue weighted by atomic mass is 9.33. The molecule has 0 aromatic carbocycles. The van der Waals surface area contributed by atoms with E-state index in [4.69, 9.17) is 9.47 Å². The molecule has 266 valence electrons. The van der Waals surface area contributed by atoms with Gasteiger partial charge in [0.25, 0.3) is 0 Å². The van der Waals surface area contributed by atoms with Gasteiger partial charge >= 0.3 is 5.97 Å². The molecule has 1 saturated heterocycles. The quantitative estimate of drug-likeness (QED) is 0.159. The Kier molecular flexibility index (Phi) is 8.72. The Morgan fingerprint density at radius 3 is 2.23 bits per heavy atom. The van der Waals surface area contributed by atoms with Crippen LogP contribution in [-0.2, 0) is 14.3 Å². The molecule has 0 unspecified atom stereocenters. The van der Waals surface area contributed by atoms with Crippen LogP contribution in [0.25, 0.3) is 0 Å². The molecule has 1 heterocycles. The second-order valence-corrected chi connectivity index (χ2v) is 17.0. The third-order valence-electron chi connectivity index (χ3n) is 15.0. The summed E-state index contributed by atoms with van der Waals surface area (Å²) >= 11 is 0. The molecule has 0 radical (unpaired) electrons. The SMILES string of the molecule is CC1=C(C)[C@H]2C3=CC[C@@H]4[C@@]5(C)C[C@@H](O)[C@H](O)[C@@](C)(CO)[C@@H]5[C@H](O)C[C@@]4(C)[C@]3(C)CC[C@@]2(C(=O)O[C@@H]2O[C@H](CO)[C@@H](O)[C@H](O)[C@H]2O)CC1. The van der Waals surface area contributed by atoms with Crippen LogP contribution in [0.2, 0.25) is 0 Å². The van der Waals surface area contributed by atoms with E-state index in [9.17, 15) is 45.6 Å². The zero-order chi connectivity index (χ0) is 34.6. The van der Waals surface area contributed by atoms with Crippen molar-refractivity contribution >= 4 is 5.97 Å². The predicted molar refractivity (Wildman–Crippen MR) is 169 cm³/mol. The third kappa shape index (κ3) is 4.60. The highest BCUT2D eigenvalue weighted by Crippen LogP contribution is 2.75. The minimum absolute atomic E-state index is 0.0210. The standard InChI is InChI=1S/C36H56O11/c1-17-9-10-36(31(45)47-30-27(43)26(42)25(41)22(15-37)46-30)12-11-34(5)19(24(36)18(17)2)7-8-23-32(3)13-21(40)29(44)33(4,16-38)28(32)20(39)14-35(23,34)6/h7,20-30,37-44H,8-16H2,1-6H3/t20-,21-,22-,23-,24+,25-,26+,27-,28-,29+,30+,32-,33+,34-,35-,36+/m1/s1. The van der Waals surface area contributed by atoms with E-state index in [1.165, 1.54) is 5.57 Å². The Bertz CT molecular complexity index is 1330. The highest BCUT2D eigenvalue weighted by Gasteiger charge is 2.72. The van der Waals surface area contributed by atoms with Gasteiger partial charge in [0.2, 0.25) is 6.29 Å². The Morgan fingerprint density at radius 1 is 0.915 bits per heavy atom. The van der Waals surface area contributed by atoms with E-state index >= 15 is 0 Å². The van der Waals surface area contributed by atoms with Crippen molar-refractivity contribution in [2.45, 2.75) is 136 Å². The minimum Gasteiger partial charge on any atom is -0.432 e. The van der Waals surface area contributed by atoms with Crippen LogP contribution in [0, 0.1) is 44.8 Å². The molecule has 6 rings (SSSR count). The first-order valence-corrected chi connectivity index (χ1v) is 17.4. The van der Waals surface area contributed by atoms with Crippen LogP contribution >= 0.6 is 0 Å². The number of hydrogen-bond acceptors (Lipinski definition) is 11. The molecule has 1 aliphatic heterocycles. The van der Waals surface area contributed by atoms with Crippen molar-refractivity contribution in [3.8, 4) is 0 Å². The van der Waals surface area contributed by atoms with Crippen LogP contribution in [0.5, 0.6) is 0 Å². The maximum atomic E-state index is 14.4. The maximum Gasteiger partial charge on any atom is 0.315 e. The van der Waals surface area contributed by atoms with Crippen molar-refractivity contribution < 1.29 is 55.1 Å². The summed E-state index contributed by atoms with van der Waals surface area (Å²) in [5.41, 5.74) is -0.117. The fourth-order valence-corrected chi connectivity index (χ4v) is 12.1. The Hall–Kier alpha value is -1.41. The molecule has 16 atom stereocenters. The molecular weight excluding hydrogens is 608 g/mol. The summed E-state index contributed by atoms with van der Waals surface area (Å²) in [5, 5.41) is 85.8. The van der Waals surface area contributed by atoms with Crippen LogP contribution in [0.15, 0.2) is 22.8 Å². The van der Waals surface area contributed by atoms with Gasteiger partial charge in [-0.25, -0.2) is 0 Å². The van der Waals surface area contributed by atoms with Gasteiger partial charge in [0.15, 0.2) is 0 Å².